The highest BCUT2D eigenvalue weighted by atomic mass is 16.8. The number of carbonyl (C=O) groups excluding carboxylic acids is 7. The van der Waals surface area contributed by atoms with Crippen LogP contribution in [0.4, 0.5) is 0 Å². The summed E-state index contributed by atoms with van der Waals surface area (Å²) >= 11 is 0. The number of hydrogen-bond acceptors (Lipinski definition) is 19. The van der Waals surface area contributed by atoms with Crippen LogP contribution >= 0.6 is 0 Å². The van der Waals surface area contributed by atoms with Crippen molar-refractivity contribution in [3.05, 3.63) is 0 Å². The highest BCUT2D eigenvalue weighted by Gasteiger charge is 2.57. The van der Waals surface area contributed by atoms with Gasteiger partial charge in [-0.15, -0.1) is 0 Å². The molecule has 2 aliphatic rings. The third kappa shape index (κ3) is 9.81. The van der Waals surface area contributed by atoms with E-state index in [1.54, 1.807) is 0 Å². The third-order valence-corrected chi connectivity index (χ3v) is 5.89. The molecule has 0 aromatic heterocycles. The van der Waals surface area contributed by atoms with Gasteiger partial charge in [-0.3, -0.25) is 33.6 Å². The van der Waals surface area contributed by atoms with E-state index >= 15 is 0 Å². The van der Waals surface area contributed by atoms with Crippen molar-refractivity contribution >= 4 is 41.8 Å². The van der Waals surface area contributed by atoms with E-state index in [2.05, 4.69) is 0 Å². The molecule has 2 heterocycles. The maximum absolute atomic E-state index is 12.7. The Morgan fingerprint density at radius 3 is 1.36 bits per heavy atom. The summed E-state index contributed by atoms with van der Waals surface area (Å²) in [7, 11) is 1.01. The Kier molecular flexibility index (Phi) is 13.4. The highest BCUT2D eigenvalue weighted by molar-refractivity contribution is 5.77. The van der Waals surface area contributed by atoms with Crippen molar-refractivity contribution < 1.29 is 85.8 Å². The van der Waals surface area contributed by atoms with E-state index in [0.717, 1.165) is 48.7 Å². The van der Waals surface area contributed by atoms with Gasteiger partial charge < -0.3 is 47.4 Å². The highest BCUT2D eigenvalue weighted by Crippen LogP contribution is 2.33. The quantitative estimate of drug-likeness (QED) is 0.148. The summed E-state index contributed by atoms with van der Waals surface area (Å²) < 4.78 is 53.5. The predicted molar refractivity (Wildman–Crippen MR) is 134 cm³/mol. The average Bonchev–Trinajstić information content (AvgIpc) is 2.90. The Hall–Kier alpha value is -3.91. The first-order valence-corrected chi connectivity index (χ1v) is 13.0. The van der Waals surface area contributed by atoms with Crippen molar-refractivity contribution in [2.24, 2.45) is 5.90 Å². The van der Waals surface area contributed by atoms with Gasteiger partial charge in [-0.25, -0.2) is 10.7 Å². The number of nitrogens with two attached hydrogens (primary N) is 1. The van der Waals surface area contributed by atoms with Gasteiger partial charge in [0.2, 0.25) is 6.29 Å². The molecule has 10 atom stereocenters. The van der Waals surface area contributed by atoms with E-state index in [0.29, 0.717) is 0 Å². The summed E-state index contributed by atoms with van der Waals surface area (Å²) in [5, 5.41) is 0. The SMILES string of the molecule is COC(=O)C1O[C@@H](OC[C@H]2O[C@@H](ON)[C@H](OC(C)=O)C(OC(C)=O)[C@H]2OC(C)=O)[C@H](OC(C)=O)[C@@H](OC(C)=O)[C@@H]1OC(C)=O. The van der Waals surface area contributed by atoms with E-state index in [9.17, 15) is 33.6 Å². The van der Waals surface area contributed by atoms with E-state index in [1.807, 2.05) is 0 Å². The fourth-order valence-corrected chi connectivity index (χ4v) is 4.50. The van der Waals surface area contributed by atoms with E-state index in [1.165, 1.54) is 0 Å². The lowest BCUT2D eigenvalue weighted by atomic mass is 9.97. The molecule has 2 aliphatic heterocycles. The maximum atomic E-state index is 12.7. The van der Waals surface area contributed by atoms with Crippen molar-refractivity contribution in [1.82, 2.24) is 0 Å². The van der Waals surface area contributed by atoms with Crippen LogP contribution in [0, 0.1) is 0 Å². The lowest BCUT2D eigenvalue weighted by Gasteiger charge is -2.45. The number of methoxy groups -OCH3 is 1. The van der Waals surface area contributed by atoms with Gasteiger partial charge in [0, 0.05) is 41.5 Å². The minimum Gasteiger partial charge on any atom is -0.467 e. The Bertz CT molecular complexity index is 1090. The molecule has 248 valence electrons. The first-order chi connectivity index (χ1) is 20.6. The van der Waals surface area contributed by atoms with E-state index in [4.69, 9.17) is 58.1 Å². The van der Waals surface area contributed by atoms with Gasteiger partial charge in [0.05, 0.1) is 13.7 Å². The van der Waals surface area contributed by atoms with Gasteiger partial charge in [0.25, 0.3) is 0 Å². The molecule has 44 heavy (non-hydrogen) atoms. The van der Waals surface area contributed by atoms with Crippen molar-refractivity contribution in [1.29, 1.82) is 0 Å². The Morgan fingerprint density at radius 1 is 0.545 bits per heavy atom. The van der Waals surface area contributed by atoms with Gasteiger partial charge in [-0.2, -0.15) is 0 Å². The second-order valence-corrected chi connectivity index (χ2v) is 9.40. The molecule has 2 rings (SSSR count). The van der Waals surface area contributed by atoms with Crippen molar-refractivity contribution in [3.63, 3.8) is 0 Å². The molecule has 2 saturated heterocycles. The molecule has 0 spiro atoms. The molecule has 0 amide bonds. The van der Waals surface area contributed by atoms with Gasteiger partial charge in [0.15, 0.2) is 49.0 Å². The minimum atomic E-state index is -1.76. The zero-order chi connectivity index (χ0) is 33.3. The Morgan fingerprint density at radius 2 is 0.932 bits per heavy atom. The first kappa shape index (κ1) is 36.3. The van der Waals surface area contributed by atoms with Gasteiger partial charge in [-0.05, 0) is 0 Å². The fraction of sp³-hybridized carbons (Fsp3) is 0.720. The van der Waals surface area contributed by atoms with Crippen LogP contribution in [0.3, 0.4) is 0 Å². The van der Waals surface area contributed by atoms with Crippen LogP contribution < -0.4 is 5.90 Å². The van der Waals surface area contributed by atoms with Crippen LogP contribution in [-0.4, -0.2) is 117 Å². The zero-order valence-corrected chi connectivity index (χ0v) is 24.9. The number of hydrogen-bond donors (Lipinski definition) is 1. The summed E-state index contributed by atoms with van der Waals surface area (Å²) in [6.45, 7) is 5.49. The number of rotatable bonds is 11. The number of ether oxygens (including phenoxy) is 10. The van der Waals surface area contributed by atoms with Crippen LogP contribution in [0.2, 0.25) is 0 Å². The standard InChI is InChI=1S/C25H35NO18/c1-9(27)36-16-15(42-25(44-26)22(41-14(6)32)17(16)37-10(2)28)8-35-24-21(40-13(5)31)19(39-12(4)30)18(38-11(3)29)20(43-24)23(33)34-7/h15-22,24-25H,8,26H2,1-7H3/t15-,16+,17?,18+,19+,20?,21-,22-,24-,25+/m1/s1. The Labute approximate surface area is 250 Å². The summed E-state index contributed by atoms with van der Waals surface area (Å²) in [5.74, 6) is -1.05. The number of carbonyl (C=O) groups is 7. The minimum absolute atomic E-state index is 0.663. The maximum Gasteiger partial charge on any atom is 0.339 e. The molecule has 0 radical (unpaired) electrons. The summed E-state index contributed by atoms with van der Waals surface area (Å²) in [5.41, 5.74) is 0. The van der Waals surface area contributed by atoms with Gasteiger partial charge >= 0.3 is 41.8 Å². The zero-order valence-electron chi connectivity index (χ0n) is 24.9. The van der Waals surface area contributed by atoms with E-state index in [-0.39, 0.29) is 0 Å². The van der Waals surface area contributed by atoms with Crippen molar-refractivity contribution in [3.8, 4) is 0 Å². The van der Waals surface area contributed by atoms with Crippen LogP contribution in [0.25, 0.3) is 0 Å². The fourth-order valence-electron chi connectivity index (χ4n) is 4.50. The van der Waals surface area contributed by atoms with E-state index < -0.39 is 110 Å². The Balaban J connectivity index is 2.52. The molecule has 2 N–H and O–H groups in total. The monoisotopic (exact) mass is 637 g/mol. The van der Waals surface area contributed by atoms with Gasteiger partial charge in [-0.1, -0.05) is 0 Å². The lowest BCUT2D eigenvalue weighted by Crippen LogP contribution is -2.65. The molecule has 19 nitrogen and oxygen atoms in total. The van der Waals surface area contributed by atoms with Crippen molar-refractivity contribution in [2.45, 2.75) is 103 Å². The van der Waals surface area contributed by atoms with Crippen LogP contribution in [0.15, 0.2) is 0 Å². The van der Waals surface area contributed by atoms with Gasteiger partial charge in [0.1, 0.15) is 6.10 Å². The summed E-state index contributed by atoms with van der Waals surface area (Å²) in [4.78, 5) is 89.1. The molecular weight excluding hydrogens is 602 g/mol. The molecule has 0 saturated carbocycles. The average molecular weight is 638 g/mol. The van der Waals surface area contributed by atoms with Crippen LogP contribution in [-0.2, 0) is 85.8 Å². The first-order valence-electron chi connectivity index (χ1n) is 13.0. The smallest absolute Gasteiger partial charge is 0.339 e. The molecule has 19 heteroatoms. The largest absolute Gasteiger partial charge is 0.467 e. The molecule has 0 aliphatic carbocycles. The lowest BCUT2D eigenvalue weighted by molar-refractivity contribution is -0.332. The van der Waals surface area contributed by atoms with Crippen LogP contribution in [0.5, 0.6) is 0 Å². The number of esters is 7. The molecule has 2 unspecified atom stereocenters. The molecular formula is C25H35NO18. The second-order valence-electron chi connectivity index (χ2n) is 9.40. The summed E-state index contributed by atoms with van der Waals surface area (Å²) in [6.07, 6.45) is -16.0. The second kappa shape index (κ2) is 16.2. The topological polar surface area (TPSA) is 247 Å². The molecule has 0 aromatic carbocycles. The molecule has 0 aromatic rings. The predicted octanol–water partition coefficient (Wildman–Crippen LogP) is -1.89. The van der Waals surface area contributed by atoms with Crippen LogP contribution in [0.1, 0.15) is 41.5 Å². The normalized spacial score (nSPS) is 31.5. The van der Waals surface area contributed by atoms with Crippen molar-refractivity contribution in [2.75, 3.05) is 13.7 Å². The molecule has 0 bridgehead atoms. The summed E-state index contributed by atoms with van der Waals surface area (Å²) in [6, 6.07) is 0. The third-order valence-electron chi connectivity index (χ3n) is 5.89. The molecule has 2 fully saturated rings.